The molecule has 3 atom stereocenters. The average Bonchev–Trinajstić information content (AvgIpc) is 3.29. The van der Waals surface area contributed by atoms with Gasteiger partial charge in [0.1, 0.15) is 11.9 Å². The third-order valence-electron chi connectivity index (χ3n) is 6.17. The van der Waals surface area contributed by atoms with E-state index < -0.39 is 48.8 Å². The van der Waals surface area contributed by atoms with Gasteiger partial charge in [0, 0.05) is 25.7 Å². The fourth-order valence-electron chi connectivity index (χ4n) is 4.44. The molecule has 3 aliphatic rings. The highest BCUT2D eigenvalue weighted by molar-refractivity contribution is 5.94. The minimum Gasteiger partial charge on any atom is -0.465 e. The number of carbonyl (C=O) groups is 3. The Hall–Kier alpha value is -3.18. The molecule has 0 aromatic heterocycles. The van der Waals surface area contributed by atoms with Crippen LogP contribution in [-0.2, 0) is 16.0 Å². The summed E-state index contributed by atoms with van der Waals surface area (Å²) in [5.74, 6) is -1.08. The van der Waals surface area contributed by atoms with Crippen molar-refractivity contribution in [3.05, 3.63) is 35.2 Å². The van der Waals surface area contributed by atoms with Gasteiger partial charge in [-0.1, -0.05) is 6.08 Å². The fraction of sp³-hybridized carbons (Fsp3) is 0.476. The standard InChI is InChI=1S/C21H24FN3O7/c1-23(20(29)30)9-18-16-7-12-6-13(14(22)8-15(12)25(16)21(31)32-18)11-2-4-24(5-3-11)19(28)17(27)10-26/h2,6,8,16-18,26-27H,3-5,7,9-10H2,1H3,(H,29,30)/t16-,17?,18-/m0/s1. The summed E-state index contributed by atoms with van der Waals surface area (Å²) in [5.41, 5.74) is 2.28. The van der Waals surface area contributed by atoms with Crippen molar-refractivity contribution in [2.75, 3.05) is 38.2 Å². The van der Waals surface area contributed by atoms with Crippen LogP contribution in [-0.4, -0.2) is 94.8 Å². The predicted molar refractivity (Wildman–Crippen MR) is 110 cm³/mol. The first-order chi connectivity index (χ1) is 15.2. The first-order valence-electron chi connectivity index (χ1n) is 10.2. The molecule has 3 amide bonds. The Labute approximate surface area is 183 Å². The zero-order chi connectivity index (χ0) is 23.2. The molecule has 0 spiro atoms. The molecule has 32 heavy (non-hydrogen) atoms. The third-order valence-corrected chi connectivity index (χ3v) is 6.17. The van der Waals surface area contributed by atoms with Crippen LogP contribution in [0.2, 0.25) is 0 Å². The Morgan fingerprint density at radius 1 is 1.38 bits per heavy atom. The molecule has 1 fully saturated rings. The van der Waals surface area contributed by atoms with Crippen LogP contribution in [0.1, 0.15) is 17.5 Å². The monoisotopic (exact) mass is 449 g/mol. The van der Waals surface area contributed by atoms with Gasteiger partial charge in [0.05, 0.1) is 24.9 Å². The maximum absolute atomic E-state index is 15.0. The molecular formula is C21H24FN3O7. The first-order valence-corrected chi connectivity index (χ1v) is 10.2. The number of fused-ring (bicyclic) bond motifs is 3. The Kier molecular flexibility index (Phi) is 5.78. The lowest BCUT2D eigenvalue weighted by Crippen LogP contribution is -2.42. The van der Waals surface area contributed by atoms with Gasteiger partial charge in [0.15, 0.2) is 6.10 Å². The SMILES string of the molecule is CN(C[C@@H]1OC(=O)N2c3cc(F)c(C4=CCN(C(=O)C(O)CO)CC4)cc3C[C@@H]12)C(=O)O. The van der Waals surface area contributed by atoms with E-state index in [2.05, 4.69) is 0 Å². The third kappa shape index (κ3) is 3.78. The summed E-state index contributed by atoms with van der Waals surface area (Å²) < 4.78 is 20.3. The van der Waals surface area contributed by atoms with E-state index in [1.807, 2.05) is 0 Å². The molecule has 0 bridgehead atoms. The van der Waals surface area contributed by atoms with E-state index in [1.54, 1.807) is 12.1 Å². The number of hydrogen-bond acceptors (Lipinski definition) is 6. The van der Waals surface area contributed by atoms with Gasteiger partial charge in [-0.05, 0) is 36.1 Å². The van der Waals surface area contributed by atoms with Crippen LogP contribution >= 0.6 is 0 Å². The van der Waals surface area contributed by atoms with Gasteiger partial charge >= 0.3 is 12.2 Å². The van der Waals surface area contributed by atoms with E-state index in [1.165, 1.54) is 22.9 Å². The number of likely N-dealkylation sites (N-methyl/N-ethyl adjacent to an activating group) is 1. The highest BCUT2D eigenvalue weighted by Crippen LogP contribution is 2.41. The smallest absolute Gasteiger partial charge is 0.415 e. The molecule has 11 heteroatoms. The number of hydrogen-bond donors (Lipinski definition) is 3. The van der Waals surface area contributed by atoms with Crippen LogP contribution < -0.4 is 4.90 Å². The molecular weight excluding hydrogens is 425 g/mol. The van der Waals surface area contributed by atoms with E-state index in [4.69, 9.17) is 14.9 Å². The lowest BCUT2D eigenvalue weighted by Gasteiger charge is -2.28. The average molecular weight is 449 g/mol. The van der Waals surface area contributed by atoms with E-state index >= 15 is 4.39 Å². The molecule has 4 rings (SSSR count). The maximum Gasteiger partial charge on any atom is 0.415 e. The van der Waals surface area contributed by atoms with Crippen molar-refractivity contribution < 1.29 is 38.8 Å². The number of amides is 3. The van der Waals surface area contributed by atoms with Gasteiger partial charge in [-0.15, -0.1) is 0 Å². The number of nitrogens with zero attached hydrogens (tertiary/aromatic N) is 3. The Morgan fingerprint density at radius 3 is 2.75 bits per heavy atom. The van der Waals surface area contributed by atoms with E-state index in [0.717, 1.165) is 10.5 Å². The zero-order valence-electron chi connectivity index (χ0n) is 17.4. The number of rotatable bonds is 5. The fourth-order valence-corrected chi connectivity index (χ4v) is 4.44. The van der Waals surface area contributed by atoms with E-state index in [0.29, 0.717) is 29.7 Å². The predicted octanol–water partition coefficient (Wildman–Crippen LogP) is 0.654. The van der Waals surface area contributed by atoms with E-state index in [-0.39, 0.29) is 19.6 Å². The van der Waals surface area contributed by atoms with Crippen molar-refractivity contribution in [1.29, 1.82) is 0 Å². The summed E-state index contributed by atoms with van der Waals surface area (Å²) >= 11 is 0. The maximum atomic E-state index is 15.0. The van der Waals surface area contributed by atoms with Crippen LogP contribution in [0.25, 0.3) is 5.57 Å². The van der Waals surface area contributed by atoms with Crippen molar-refractivity contribution in [3.63, 3.8) is 0 Å². The number of cyclic esters (lactones) is 1. The van der Waals surface area contributed by atoms with Crippen molar-refractivity contribution in [3.8, 4) is 0 Å². The lowest BCUT2D eigenvalue weighted by molar-refractivity contribution is -0.141. The molecule has 1 saturated heterocycles. The van der Waals surface area contributed by atoms with Crippen LogP contribution in [0, 0.1) is 5.82 Å². The molecule has 0 aliphatic carbocycles. The number of aliphatic hydroxyl groups excluding tert-OH is 2. The van der Waals surface area contributed by atoms with Gasteiger partial charge in [-0.2, -0.15) is 0 Å². The van der Waals surface area contributed by atoms with Crippen LogP contribution in [0.15, 0.2) is 18.2 Å². The summed E-state index contributed by atoms with van der Waals surface area (Å²) in [4.78, 5) is 39.3. The van der Waals surface area contributed by atoms with Gasteiger partial charge in [-0.3, -0.25) is 9.69 Å². The summed E-state index contributed by atoms with van der Waals surface area (Å²) in [6, 6.07) is 2.57. The number of benzene rings is 1. The largest absolute Gasteiger partial charge is 0.465 e. The Bertz CT molecular complexity index is 998. The minimum absolute atomic E-state index is 0.0142. The lowest BCUT2D eigenvalue weighted by atomic mass is 9.95. The number of ether oxygens (including phenoxy) is 1. The number of aliphatic hydroxyl groups is 2. The highest BCUT2D eigenvalue weighted by Gasteiger charge is 2.48. The van der Waals surface area contributed by atoms with Gasteiger partial charge in [-0.25, -0.2) is 14.0 Å². The van der Waals surface area contributed by atoms with Gasteiger partial charge < -0.3 is 29.9 Å². The zero-order valence-corrected chi connectivity index (χ0v) is 17.4. The van der Waals surface area contributed by atoms with Crippen LogP contribution in [0.4, 0.5) is 19.7 Å². The molecule has 3 aliphatic heterocycles. The normalized spacial score (nSPS) is 22.8. The Morgan fingerprint density at radius 2 is 2.12 bits per heavy atom. The number of carboxylic acid groups (broad SMARTS) is 1. The Balaban J connectivity index is 1.54. The molecule has 1 unspecified atom stereocenters. The second kappa shape index (κ2) is 8.40. The van der Waals surface area contributed by atoms with Crippen LogP contribution in [0.5, 0.6) is 0 Å². The topological polar surface area (TPSA) is 131 Å². The van der Waals surface area contributed by atoms with E-state index in [9.17, 15) is 19.5 Å². The van der Waals surface area contributed by atoms with Crippen molar-refractivity contribution in [2.45, 2.75) is 31.1 Å². The molecule has 3 N–H and O–H groups in total. The summed E-state index contributed by atoms with van der Waals surface area (Å²) in [7, 11) is 1.39. The second-order valence-electron chi connectivity index (χ2n) is 8.15. The summed E-state index contributed by atoms with van der Waals surface area (Å²) in [6.45, 7) is -0.176. The minimum atomic E-state index is -1.47. The number of anilines is 1. The molecule has 1 aromatic carbocycles. The first kappa shape index (κ1) is 22.0. The molecule has 0 radical (unpaired) electrons. The second-order valence-corrected chi connectivity index (χ2v) is 8.15. The van der Waals surface area contributed by atoms with Crippen molar-refractivity contribution in [2.24, 2.45) is 0 Å². The summed E-state index contributed by atoms with van der Waals surface area (Å²) in [5, 5.41) is 27.6. The molecule has 3 heterocycles. The van der Waals surface area contributed by atoms with Gasteiger partial charge in [0.2, 0.25) is 0 Å². The number of carbonyl (C=O) groups excluding carboxylic acids is 2. The van der Waals surface area contributed by atoms with Gasteiger partial charge in [0.25, 0.3) is 5.91 Å². The van der Waals surface area contributed by atoms with Crippen molar-refractivity contribution in [1.82, 2.24) is 9.80 Å². The molecule has 0 saturated carbocycles. The highest BCUT2D eigenvalue weighted by atomic mass is 19.1. The number of halogens is 1. The van der Waals surface area contributed by atoms with Crippen LogP contribution in [0.3, 0.4) is 0 Å². The quantitative estimate of drug-likeness (QED) is 0.602. The molecule has 172 valence electrons. The summed E-state index contributed by atoms with van der Waals surface area (Å²) in [6.07, 6.45) is -1.39. The molecule has 10 nitrogen and oxygen atoms in total. The van der Waals surface area contributed by atoms with Crippen molar-refractivity contribution >= 4 is 29.4 Å². The molecule has 1 aromatic rings.